The van der Waals surface area contributed by atoms with Crippen molar-refractivity contribution in [2.45, 2.75) is 19.1 Å². The van der Waals surface area contributed by atoms with Gasteiger partial charge in [0.15, 0.2) is 0 Å². The Hall–Kier alpha value is -0.380. The van der Waals surface area contributed by atoms with Crippen LogP contribution in [0.15, 0.2) is 17.5 Å². The zero-order valence-corrected chi connectivity index (χ0v) is 6.51. The Balaban J connectivity index is 2.68. The van der Waals surface area contributed by atoms with Gasteiger partial charge in [0.05, 0.1) is 6.10 Å². The molecule has 0 aliphatic rings. The van der Waals surface area contributed by atoms with Gasteiger partial charge in [-0.15, -0.1) is 11.3 Å². The van der Waals surface area contributed by atoms with Gasteiger partial charge in [0.2, 0.25) is 0 Å². The average molecular weight is 158 g/mol. The molecular weight excluding hydrogens is 148 g/mol. The molecule has 0 aliphatic carbocycles. The fourth-order valence-corrected chi connectivity index (χ4v) is 1.51. The predicted octanol–water partition coefficient (Wildman–Crippen LogP) is 1.16. The highest BCUT2D eigenvalue weighted by atomic mass is 32.1. The van der Waals surface area contributed by atoms with Crippen molar-refractivity contribution >= 4 is 11.3 Å². The van der Waals surface area contributed by atoms with E-state index in [9.17, 15) is 5.11 Å². The summed E-state index contributed by atoms with van der Waals surface area (Å²) in [7, 11) is 0. The van der Waals surface area contributed by atoms with Gasteiger partial charge in [-0.05, 0) is 18.4 Å². The molecule has 2 nitrogen and oxygen atoms in total. The van der Waals surface area contributed by atoms with Crippen LogP contribution < -0.4 is 0 Å². The Labute approximate surface area is 63.8 Å². The van der Waals surface area contributed by atoms with Crippen LogP contribution in [0.1, 0.15) is 17.9 Å². The standard InChI is InChI=1S/C7H10O2S/c1-5(8)7(9)6-3-2-4-10-6/h2-5,7-9H,1H3/t5-,7-/m0/s1. The summed E-state index contributed by atoms with van der Waals surface area (Å²) >= 11 is 1.45. The minimum atomic E-state index is -0.722. The van der Waals surface area contributed by atoms with Crippen molar-refractivity contribution in [1.29, 1.82) is 0 Å². The Morgan fingerprint density at radius 3 is 2.60 bits per heavy atom. The highest BCUT2D eigenvalue weighted by molar-refractivity contribution is 7.10. The average Bonchev–Trinajstić information content (AvgIpc) is 2.36. The molecule has 0 aliphatic heterocycles. The monoisotopic (exact) mass is 158 g/mol. The van der Waals surface area contributed by atoms with E-state index in [4.69, 9.17) is 5.11 Å². The molecule has 0 aromatic carbocycles. The van der Waals surface area contributed by atoms with Crippen LogP contribution in [-0.2, 0) is 0 Å². The van der Waals surface area contributed by atoms with E-state index in [1.54, 1.807) is 6.92 Å². The summed E-state index contributed by atoms with van der Waals surface area (Å²) in [5.74, 6) is 0. The molecule has 1 aromatic rings. The number of hydrogen-bond acceptors (Lipinski definition) is 3. The van der Waals surface area contributed by atoms with E-state index in [1.165, 1.54) is 11.3 Å². The minimum Gasteiger partial charge on any atom is -0.390 e. The van der Waals surface area contributed by atoms with Crippen LogP contribution >= 0.6 is 11.3 Å². The first-order chi connectivity index (χ1) is 4.72. The SMILES string of the molecule is C[C@H](O)[C@H](O)c1cccs1. The molecule has 0 saturated carbocycles. The Morgan fingerprint density at radius 2 is 2.20 bits per heavy atom. The highest BCUT2D eigenvalue weighted by Crippen LogP contribution is 2.21. The molecule has 1 rings (SSSR count). The van der Waals surface area contributed by atoms with E-state index in [1.807, 2.05) is 17.5 Å². The van der Waals surface area contributed by atoms with Crippen LogP contribution in [0.4, 0.5) is 0 Å². The molecule has 10 heavy (non-hydrogen) atoms. The number of hydrogen-bond donors (Lipinski definition) is 2. The van der Waals surface area contributed by atoms with E-state index in [-0.39, 0.29) is 0 Å². The van der Waals surface area contributed by atoms with Crippen molar-refractivity contribution < 1.29 is 10.2 Å². The Bertz CT molecular complexity index is 181. The van der Waals surface area contributed by atoms with E-state index >= 15 is 0 Å². The zero-order chi connectivity index (χ0) is 7.56. The van der Waals surface area contributed by atoms with Gasteiger partial charge >= 0.3 is 0 Å². The van der Waals surface area contributed by atoms with Gasteiger partial charge in [0.25, 0.3) is 0 Å². The van der Waals surface area contributed by atoms with Gasteiger partial charge in [-0.25, -0.2) is 0 Å². The lowest BCUT2D eigenvalue weighted by Crippen LogP contribution is -2.11. The molecule has 3 heteroatoms. The van der Waals surface area contributed by atoms with Crippen molar-refractivity contribution in [3.05, 3.63) is 22.4 Å². The highest BCUT2D eigenvalue weighted by Gasteiger charge is 2.13. The quantitative estimate of drug-likeness (QED) is 0.678. The van der Waals surface area contributed by atoms with E-state index < -0.39 is 12.2 Å². The maximum atomic E-state index is 9.25. The summed E-state index contributed by atoms with van der Waals surface area (Å²) < 4.78 is 0. The number of rotatable bonds is 2. The Morgan fingerprint density at radius 1 is 1.50 bits per heavy atom. The molecule has 0 fully saturated rings. The van der Waals surface area contributed by atoms with Crippen molar-refractivity contribution in [3.8, 4) is 0 Å². The topological polar surface area (TPSA) is 40.5 Å². The van der Waals surface area contributed by atoms with Gasteiger partial charge in [-0.1, -0.05) is 6.07 Å². The van der Waals surface area contributed by atoms with Crippen molar-refractivity contribution in [2.24, 2.45) is 0 Å². The lowest BCUT2D eigenvalue weighted by molar-refractivity contribution is 0.0328. The molecule has 2 N–H and O–H groups in total. The van der Waals surface area contributed by atoms with Crippen LogP contribution in [0.25, 0.3) is 0 Å². The second kappa shape index (κ2) is 3.14. The molecule has 1 aromatic heterocycles. The molecule has 0 saturated heterocycles. The maximum absolute atomic E-state index is 9.25. The van der Waals surface area contributed by atoms with Crippen molar-refractivity contribution in [2.75, 3.05) is 0 Å². The van der Waals surface area contributed by atoms with Crippen molar-refractivity contribution in [3.63, 3.8) is 0 Å². The lowest BCUT2D eigenvalue weighted by Gasteiger charge is -2.10. The summed E-state index contributed by atoms with van der Waals surface area (Å²) in [4.78, 5) is 0.815. The molecule has 0 spiro atoms. The van der Waals surface area contributed by atoms with Gasteiger partial charge in [-0.3, -0.25) is 0 Å². The molecule has 0 bridgehead atoms. The molecule has 2 atom stereocenters. The summed E-state index contributed by atoms with van der Waals surface area (Å²) in [6.45, 7) is 1.57. The Kier molecular flexibility index (Phi) is 2.43. The first kappa shape index (κ1) is 7.72. The number of aliphatic hydroxyl groups excluding tert-OH is 2. The van der Waals surface area contributed by atoms with E-state index in [2.05, 4.69) is 0 Å². The van der Waals surface area contributed by atoms with Crippen LogP contribution in [0.2, 0.25) is 0 Å². The summed E-state index contributed by atoms with van der Waals surface area (Å²) in [6, 6.07) is 3.66. The van der Waals surface area contributed by atoms with Crippen LogP contribution in [0, 0.1) is 0 Å². The first-order valence-electron chi connectivity index (χ1n) is 3.11. The van der Waals surface area contributed by atoms with Gasteiger partial charge in [-0.2, -0.15) is 0 Å². The zero-order valence-electron chi connectivity index (χ0n) is 5.69. The third-order valence-corrected chi connectivity index (χ3v) is 2.23. The van der Waals surface area contributed by atoms with Crippen LogP contribution in [-0.4, -0.2) is 16.3 Å². The molecule has 1 heterocycles. The van der Waals surface area contributed by atoms with E-state index in [0.29, 0.717) is 0 Å². The fraction of sp³-hybridized carbons (Fsp3) is 0.429. The summed E-state index contributed by atoms with van der Waals surface area (Å²) in [5, 5.41) is 20.1. The van der Waals surface area contributed by atoms with Crippen LogP contribution in [0.3, 0.4) is 0 Å². The molecule has 56 valence electrons. The second-order valence-electron chi connectivity index (χ2n) is 2.20. The maximum Gasteiger partial charge on any atom is 0.114 e. The van der Waals surface area contributed by atoms with Gasteiger partial charge in [0.1, 0.15) is 6.10 Å². The molecular formula is C7H10O2S. The third-order valence-electron chi connectivity index (χ3n) is 1.29. The third kappa shape index (κ3) is 1.56. The van der Waals surface area contributed by atoms with Crippen molar-refractivity contribution in [1.82, 2.24) is 0 Å². The smallest absolute Gasteiger partial charge is 0.114 e. The summed E-state index contributed by atoms with van der Waals surface area (Å²) in [6.07, 6.45) is -1.40. The van der Waals surface area contributed by atoms with Gasteiger partial charge < -0.3 is 10.2 Å². The molecule has 0 unspecified atom stereocenters. The number of thiophene rings is 1. The molecule has 0 radical (unpaired) electrons. The largest absolute Gasteiger partial charge is 0.390 e. The minimum absolute atomic E-state index is 0.682. The van der Waals surface area contributed by atoms with Gasteiger partial charge in [0, 0.05) is 4.88 Å². The second-order valence-corrected chi connectivity index (χ2v) is 3.18. The fourth-order valence-electron chi connectivity index (χ4n) is 0.697. The van der Waals surface area contributed by atoms with Crippen LogP contribution in [0.5, 0.6) is 0 Å². The summed E-state index contributed by atoms with van der Waals surface area (Å²) in [5.41, 5.74) is 0. The normalized spacial score (nSPS) is 16.7. The number of aliphatic hydroxyl groups is 2. The molecule has 0 amide bonds. The first-order valence-corrected chi connectivity index (χ1v) is 3.99. The lowest BCUT2D eigenvalue weighted by atomic mass is 10.2. The predicted molar refractivity (Wildman–Crippen MR) is 41.0 cm³/mol. The van der Waals surface area contributed by atoms with E-state index in [0.717, 1.165) is 4.88 Å².